The van der Waals surface area contributed by atoms with E-state index in [1.54, 1.807) is 0 Å². The lowest BCUT2D eigenvalue weighted by Crippen LogP contribution is -2.30. The van der Waals surface area contributed by atoms with Crippen molar-refractivity contribution in [3.63, 3.8) is 0 Å². The predicted molar refractivity (Wildman–Crippen MR) is 169 cm³/mol. The number of pyridine rings is 1. The Balaban J connectivity index is 1.45. The number of aryl methyl sites for hydroxylation is 2. The number of imidazole rings is 1. The van der Waals surface area contributed by atoms with Crippen molar-refractivity contribution in [3.8, 4) is 40.1 Å². The van der Waals surface area contributed by atoms with E-state index < -0.39 is 0 Å². The van der Waals surface area contributed by atoms with E-state index in [-0.39, 0.29) is 5.41 Å². The van der Waals surface area contributed by atoms with Gasteiger partial charge in [0.05, 0.1) is 28.5 Å². The molecule has 0 fully saturated rings. The van der Waals surface area contributed by atoms with Gasteiger partial charge in [-0.3, -0.25) is 4.57 Å². The molecule has 0 unspecified atom stereocenters. The van der Waals surface area contributed by atoms with Crippen molar-refractivity contribution in [2.45, 2.75) is 33.1 Å². The highest BCUT2D eigenvalue weighted by molar-refractivity contribution is 5.89. The number of rotatable bonds is 1. The number of nitrogens with zero attached hydrogens (tertiary/aromatic N) is 4. The Hall–Kier alpha value is -5.16. The van der Waals surface area contributed by atoms with E-state index in [2.05, 4.69) is 128 Å². The molecule has 204 valence electrons. The molecule has 0 spiro atoms. The van der Waals surface area contributed by atoms with Gasteiger partial charge in [-0.05, 0) is 66.4 Å². The fourth-order valence-electron chi connectivity index (χ4n) is 6.61. The molecule has 5 heteroatoms. The second kappa shape index (κ2) is 8.92. The maximum atomic E-state index is 6.47. The third kappa shape index (κ3) is 3.63. The summed E-state index contributed by atoms with van der Waals surface area (Å²) < 4.78 is 8.53. The minimum absolute atomic E-state index is 0.175. The van der Waals surface area contributed by atoms with Crippen LogP contribution in [0.25, 0.3) is 28.2 Å². The smallest absolute Gasteiger partial charge is 0.308 e. The van der Waals surface area contributed by atoms with Gasteiger partial charge >= 0.3 is 6.01 Å². The molecule has 2 aromatic heterocycles. The lowest BCUT2D eigenvalue weighted by atomic mass is 9.73. The van der Waals surface area contributed by atoms with Crippen molar-refractivity contribution in [1.82, 2.24) is 14.5 Å². The molecule has 4 heterocycles. The minimum Gasteiger partial charge on any atom is -0.406 e. The van der Waals surface area contributed by atoms with Crippen LogP contribution >= 0.6 is 0 Å². The first-order valence-corrected chi connectivity index (χ1v) is 14.3. The Morgan fingerprint density at radius 3 is 2.24 bits per heavy atom. The molecule has 0 radical (unpaired) electrons. The van der Waals surface area contributed by atoms with Crippen molar-refractivity contribution in [2.75, 3.05) is 4.90 Å². The average Bonchev–Trinajstić information content (AvgIpc) is 3.40. The van der Waals surface area contributed by atoms with Gasteiger partial charge in [-0.25, -0.2) is 4.98 Å². The van der Waals surface area contributed by atoms with Crippen molar-refractivity contribution >= 4 is 17.1 Å². The maximum Gasteiger partial charge on any atom is 0.308 e. The number of hydrogen-bond donors (Lipinski definition) is 0. The molecular weight excluding hydrogens is 516 g/mol. The molecule has 0 aliphatic carbocycles. The molecule has 5 nitrogen and oxygen atoms in total. The number of aromatic nitrogens is 3. The molecule has 2 aliphatic heterocycles. The summed E-state index contributed by atoms with van der Waals surface area (Å²) in [5, 5.41) is 0. The van der Waals surface area contributed by atoms with Crippen LogP contribution in [0.4, 0.5) is 17.1 Å². The summed E-state index contributed by atoms with van der Waals surface area (Å²) in [7, 11) is 0. The zero-order valence-electron chi connectivity index (χ0n) is 24.1. The lowest BCUT2D eigenvalue weighted by Gasteiger charge is -2.42. The summed E-state index contributed by atoms with van der Waals surface area (Å²) in [6.07, 6.45) is 2.09. The molecule has 6 aromatic rings. The van der Waals surface area contributed by atoms with Gasteiger partial charge < -0.3 is 9.64 Å². The second-order valence-electron chi connectivity index (χ2n) is 11.7. The lowest BCUT2D eigenvalue weighted by molar-refractivity contribution is 0.419. The van der Waals surface area contributed by atoms with Crippen LogP contribution < -0.4 is 9.64 Å². The Kier molecular flexibility index (Phi) is 5.23. The van der Waals surface area contributed by atoms with Crippen LogP contribution in [0.3, 0.4) is 0 Å². The quantitative estimate of drug-likeness (QED) is 0.206. The van der Waals surface area contributed by atoms with E-state index in [1.807, 2.05) is 18.2 Å². The van der Waals surface area contributed by atoms with Gasteiger partial charge in [0.15, 0.2) is 0 Å². The number of ether oxygens (including phenoxy) is 1. The number of anilines is 3. The fourth-order valence-corrected chi connectivity index (χ4v) is 6.61. The Labute approximate surface area is 245 Å². The number of benzene rings is 4. The highest BCUT2D eigenvalue weighted by atomic mass is 16.5. The topological polar surface area (TPSA) is 43.2 Å². The van der Waals surface area contributed by atoms with Gasteiger partial charge in [0, 0.05) is 34.5 Å². The average molecular weight is 547 g/mol. The van der Waals surface area contributed by atoms with Crippen molar-refractivity contribution in [1.29, 1.82) is 0 Å². The summed E-state index contributed by atoms with van der Waals surface area (Å²) in [5.41, 5.74) is 12.9. The summed E-state index contributed by atoms with van der Waals surface area (Å²) in [4.78, 5) is 12.4. The molecule has 8 rings (SSSR count). The molecule has 0 saturated heterocycles. The predicted octanol–water partition coefficient (Wildman–Crippen LogP) is 9.43. The van der Waals surface area contributed by atoms with Gasteiger partial charge in [0.1, 0.15) is 0 Å². The van der Waals surface area contributed by atoms with Crippen LogP contribution in [-0.2, 0) is 5.41 Å². The number of para-hydroxylation sites is 2. The molecule has 8 bridgehead atoms. The van der Waals surface area contributed by atoms with Crippen molar-refractivity contribution in [3.05, 3.63) is 132 Å². The summed E-state index contributed by atoms with van der Waals surface area (Å²) >= 11 is 0. The van der Waals surface area contributed by atoms with E-state index in [1.165, 1.54) is 16.8 Å². The normalized spacial score (nSPS) is 14.0. The van der Waals surface area contributed by atoms with Crippen LogP contribution in [0.5, 0.6) is 11.9 Å². The Morgan fingerprint density at radius 1 is 0.643 bits per heavy atom. The monoisotopic (exact) mass is 546 g/mol. The minimum atomic E-state index is -0.175. The molecule has 4 aromatic carbocycles. The highest BCUT2D eigenvalue weighted by Gasteiger charge is 2.37. The van der Waals surface area contributed by atoms with Gasteiger partial charge in [0.25, 0.3) is 0 Å². The van der Waals surface area contributed by atoms with E-state index in [0.717, 1.165) is 50.7 Å². The number of hydrogen-bond acceptors (Lipinski definition) is 4. The van der Waals surface area contributed by atoms with Crippen LogP contribution in [-0.4, -0.2) is 14.5 Å². The van der Waals surface area contributed by atoms with Crippen LogP contribution in [0, 0.1) is 13.8 Å². The molecule has 42 heavy (non-hydrogen) atoms. The van der Waals surface area contributed by atoms with Crippen molar-refractivity contribution < 1.29 is 4.74 Å². The molecule has 2 aliphatic rings. The third-order valence-corrected chi connectivity index (χ3v) is 8.70. The molecular formula is C37H30N4O. The first-order valence-electron chi connectivity index (χ1n) is 14.3. The van der Waals surface area contributed by atoms with Gasteiger partial charge in [-0.15, -0.1) is 0 Å². The van der Waals surface area contributed by atoms with Crippen molar-refractivity contribution in [2.24, 2.45) is 0 Å². The molecule has 0 atom stereocenters. The highest BCUT2D eigenvalue weighted by Crippen LogP contribution is 2.53. The zero-order chi connectivity index (χ0) is 28.6. The first-order chi connectivity index (χ1) is 20.4. The van der Waals surface area contributed by atoms with Gasteiger partial charge in [-0.2, -0.15) is 4.98 Å². The third-order valence-electron chi connectivity index (χ3n) is 8.70. The largest absolute Gasteiger partial charge is 0.406 e. The Bertz CT molecular complexity index is 2020. The first kappa shape index (κ1) is 24.6. The standard InChI is InChI=1S/C37H30N4O/c1-23-10-7-11-24(2)35(23)40-22-31-26-18-19-29-33(21-26)41(32-16-6-5-14-28(32)37(29,3)4)27-13-8-12-25(20-27)30-15-9-17-34(38-30)42-36(40)39-31/h5-22H,1-4H3. The molecule has 0 saturated carbocycles. The second-order valence-corrected chi connectivity index (χ2v) is 11.7. The van der Waals surface area contributed by atoms with E-state index >= 15 is 0 Å². The number of fused-ring (bicyclic) bond motifs is 12. The summed E-state index contributed by atoms with van der Waals surface area (Å²) in [6.45, 7) is 8.87. The molecule has 0 amide bonds. The van der Waals surface area contributed by atoms with E-state index in [4.69, 9.17) is 14.7 Å². The fraction of sp³-hybridized carbons (Fsp3) is 0.135. The summed E-state index contributed by atoms with van der Waals surface area (Å²) in [6, 6.07) is 36.8. The van der Waals surface area contributed by atoms with Crippen LogP contribution in [0.15, 0.2) is 109 Å². The van der Waals surface area contributed by atoms with E-state index in [0.29, 0.717) is 11.9 Å². The maximum absolute atomic E-state index is 6.47. The summed E-state index contributed by atoms with van der Waals surface area (Å²) in [5.74, 6) is 0.501. The van der Waals surface area contributed by atoms with Crippen LogP contribution in [0.2, 0.25) is 0 Å². The van der Waals surface area contributed by atoms with E-state index in [9.17, 15) is 0 Å². The molecule has 0 N–H and O–H groups in total. The van der Waals surface area contributed by atoms with Gasteiger partial charge in [0.2, 0.25) is 5.88 Å². The van der Waals surface area contributed by atoms with Gasteiger partial charge in [-0.1, -0.05) is 80.6 Å². The SMILES string of the molecule is Cc1cccc(C)c1-n1cc2nc1Oc1cccc(n1)-c1cccc(c1)N1c3ccccc3C(C)(C)c3ccc-2cc31. The Morgan fingerprint density at radius 2 is 1.38 bits per heavy atom. The van der Waals surface area contributed by atoms with Crippen LogP contribution in [0.1, 0.15) is 36.1 Å². The zero-order valence-corrected chi connectivity index (χ0v) is 24.1.